The summed E-state index contributed by atoms with van der Waals surface area (Å²) in [6, 6.07) is 5.25. The second kappa shape index (κ2) is 6.71. The molecule has 2 fully saturated rings. The van der Waals surface area contributed by atoms with E-state index in [1.54, 1.807) is 0 Å². The highest BCUT2D eigenvalue weighted by atomic mass is 16.3. The third-order valence-electron chi connectivity index (χ3n) is 4.89. The Kier molecular flexibility index (Phi) is 4.70. The molecule has 1 saturated heterocycles. The van der Waals surface area contributed by atoms with Crippen molar-refractivity contribution in [3.63, 3.8) is 0 Å². The molecule has 1 aliphatic heterocycles. The number of anilines is 1. The van der Waals surface area contributed by atoms with Crippen LogP contribution >= 0.6 is 0 Å². The van der Waals surface area contributed by atoms with Crippen molar-refractivity contribution in [1.29, 1.82) is 0 Å². The van der Waals surface area contributed by atoms with Gasteiger partial charge in [-0.1, -0.05) is 12.8 Å². The van der Waals surface area contributed by atoms with Crippen molar-refractivity contribution in [2.45, 2.75) is 51.1 Å². The van der Waals surface area contributed by atoms with Gasteiger partial charge in [0, 0.05) is 38.3 Å². The van der Waals surface area contributed by atoms with Crippen molar-refractivity contribution < 1.29 is 5.11 Å². The molecule has 1 aromatic rings. The highest BCUT2D eigenvalue weighted by Gasteiger charge is 2.33. The highest BCUT2D eigenvalue weighted by molar-refractivity contribution is 5.38. The number of nitrogens with zero attached hydrogens (tertiary/aromatic N) is 4. The molecule has 2 aliphatic rings. The van der Waals surface area contributed by atoms with E-state index >= 15 is 0 Å². The van der Waals surface area contributed by atoms with Gasteiger partial charge in [-0.15, -0.1) is 5.10 Å². The summed E-state index contributed by atoms with van der Waals surface area (Å²) in [4.78, 5) is 4.96. The van der Waals surface area contributed by atoms with Gasteiger partial charge in [0.25, 0.3) is 0 Å². The van der Waals surface area contributed by atoms with Crippen molar-refractivity contribution in [2.24, 2.45) is 0 Å². The molecule has 3 rings (SSSR count). The molecule has 0 spiro atoms. The van der Waals surface area contributed by atoms with Gasteiger partial charge in [-0.05, 0) is 38.3 Å². The second-order valence-corrected chi connectivity index (χ2v) is 6.32. The molecule has 21 heavy (non-hydrogen) atoms. The van der Waals surface area contributed by atoms with Crippen LogP contribution in [0.15, 0.2) is 12.1 Å². The standard InChI is InChI=1S/C16H26N4O/c1-13-6-7-16(18-17-13)19-9-10-20(14-4-2-3-5-14)15(12-19)8-11-21/h6-7,14-15,21H,2-5,8-12H2,1H3. The fourth-order valence-electron chi connectivity index (χ4n) is 3.76. The van der Waals surface area contributed by atoms with Crippen LogP contribution in [0.25, 0.3) is 0 Å². The zero-order valence-corrected chi connectivity index (χ0v) is 12.9. The average molecular weight is 290 g/mol. The molecular formula is C16H26N4O. The molecule has 1 aliphatic carbocycles. The quantitative estimate of drug-likeness (QED) is 0.913. The Bertz CT molecular complexity index is 444. The van der Waals surface area contributed by atoms with Crippen LogP contribution in [0.2, 0.25) is 0 Å². The fraction of sp³-hybridized carbons (Fsp3) is 0.750. The minimum Gasteiger partial charge on any atom is -0.396 e. The normalized spacial score (nSPS) is 24.7. The first-order valence-corrected chi connectivity index (χ1v) is 8.20. The minimum absolute atomic E-state index is 0.265. The molecule has 2 heterocycles. The van der Waals surface area contributed by atoms with Gasteiger partial charge < -0.3 is 10.0 Å². The van der Waals surface area contributed by atoms with E-state index in [0.717, 1.165) is 43.6 Å². The minimum atomic E-state index is 0.265. The van der Waals surface area contributed by atoms with Crippen LogP contribution in [-0.2, 0) is 0 Å². The maximum absolute atomic E-state index is 9.40. The number of aromatic nitrogens is 2. The number of hydrogen-bond acceptors (Lipinski definition) is 5. The van der Waals surface area contributed by atoms with Gasteiger partial charge >= 0.3 is 0 Å². The smallest absolute Gasteiger partial charge is 0.151 e. The number of piperazine rings is 1. The predicted molar refractivity (Wildman–Crippen MR) is 83.4 cm³/mol. The van der Waals surface area contributed by atoms with Crippen molar-refractivity contribution in [3.05, 3.63) is 17.8 Å². The monoisotopic (exact) mass is 290 g/mol. The van der Waals surface area contributed by atoms with E-state index < -0.39 is 0 Å². The predicted octanol–water partition coefficient (Wildman–Crippen LogP) is 1.60. The molecule has 1 atom stereocenters. The lowest BCUT2D eigenvalue weighted by Gasteiger charge is -2.44. The Morgan fingerprint density at radius 3 is 2.67 bits per heavy atom. The molecule has 1 aromatic heterocycles. The Morgan fingerprint density at radius 2 is 2.00 bits per heavy atom. The van der Waals surface area contributed by atoms with Gasteiger partial charge in [0.15, 0.2) is 5.82 Å². The van der Waals surface area contributed by atoms with Crippen molar-refractivity contribution in [2.75, 3.05) is 31.1 Å². The van der Waals surface area contributed by atoms with E-state index in [0.29, 0.717) is 6.04 Å². The van der Waals surface area contributed by atoms with Gasteiger partial charge in [0.05, 0.1) is 5.69 Å². The summed E-state index contributed by atoms with van der Waals surface area (Å²) < 4.78 is 0. The molecule has 0 radical (unpaired) electrons. The molecule has 5 heteroatoms. The molecular weight excluding hydrogens is 264 g/mol. The second-order valence-electron chi connectivity index (χ2n) is 6.32. The average Bonchev–Trinajstić information content (AvgIpc) is 3.02. The molecule has 0 aromatic carbocycles. The lowest BCUT2D eigenvalue weighted by atomic mass is 10.0. The topological polar surface area (TPSA) is 52.5 Å². The molecule has 1 saturated carbocycles. The first-order chi connectivity index (χ1) is 10.3. The summed E-state index contributed by atoms with van der Waals surface area (Å²) in [5.74, 6) is 0.967. The van der Waals surface area contributed by atoms with Gasteiger partial charge in [-0.25, -0.2) is 0 Å². The third-order valence-corrected chi connectivity index (χ3v) is 4.89. The largest absolute Gasteiger partial charge is 0.396 e. The first kappa shape index (κ1) is 14.7. The van der Waals surface area contributed by atoms with Crippen LogP contribution in [0.4, 0.5) is 5.82 Å². The van der Waals surface area contributed by atoms with Crippen LogP contribution in [0.3, 0.4) is 0 Å². The molecule has 5 nitrogen and oxygen atoms in total. The highest BCUT2D eigenvalue weighted by Crippen LogP contribution is 2.28. The summed E-state index contributed by atoms with van der Waals surface area (Å²) >= 11 is 0. The van der Waals surface area contributed by atoms with E-state index in [1.165, 1.54) is 25.7 Å². The van der Waals surface area contributed by atoms with E-state index in [1.807, 2.05) is 13.0 Å². The molecule has 1 unspecified atom stereocenters. The summed E-state index contributed by atoms with van der Waals surface area (Å²) in [5.41, 5.74) is 0.954. The summed E-state index contributed by atoms with van der Waals surface area (Å²) in [6.45, 7) is 5.26. The summed E-state index contributed by atoms with van der Waals surface area (Å²) in [7, 11) is 0. The number of aliphatic hydroxyl groups excluding tert-OH is 1. The van der Waals surface area contributed by atoms with Crippen LogP contribution in [0.5, 0.6) is 0 Å². The Balaban J connectivity index is 1.69. The number of rotatable bonds is 4. The molecule has 0 bridgehead atoms. The van der Waals surface area contributed by atoms with Crippen molar-refractivity contribution in [3.8, 4) is 0 Å². The summed E-state index contributed by atoms with van der Waals surface area (Å²) in [6.07, 6.45) is 6.23. The zero-order valence-electron chi connectivity index (χ0n) is 12.9. The van der Waals surface area contributed by atoms with Crippen LogP contribution < -0.4 is 4.90 Å². The van der Waals surface area contributed by atoms with Crippen molar-refractivity contribution >= 4 is 5.82 Å². The summed E-state index contributed by atoms with van der Waals surface area (Å²) in [5, 5.41) is 17.9. The van der Waals surface area contributed by atoms with Crippen LogP contribution in [0.1, 0.15) is 37.8 Å². The van der Waals surface area contributed by atoms with Crippen molar-refractivity contribution in [1.82, 2.24) is 15.1 Å². The van der Waals surface area contributed by atoms with Crippen LogP contribution in [-0.4, -0.2) is 58.5 Å². The molecule has 116 valence electrons. The maximum atomic E-state index is 9.40. The van der Waals surface area contributed by atoms with Gasteiger partial charge in [0.2, 0.25) is 0 Å². The number of aryl methyl sites for hydroxylation is 1. The van der Waals surface area contributed by atoms with Gasteiger partial charge in [0.1, 0.15) is 0 Å². The SMILES string of the molecule is Cc1ccc(N2CCN(C3CCCC3)C(CCO)C2)nn1. The van der Waals surface area contributed by atoms with E-state index in [9.17, 15) is 5.11 Å². The third kappa shape index (κ3) is 3.35. The van der Waals surface area contributed by atoms with E-state index in [-0.39, 0.29) is 6.61 Å². The van der Waals surface area contributed by atoms with Crippen LogP contribution in [0, 0.1) is 6.92 Å². The number of aliphatic hydroxyl groups is 1. The Hall–Kier alpha value is -1.20. The molecule has 0 amide bonds. The van der Waals surface area contributed by atoms with E-state index in [2.05, 4.69) is 26.1 Å². The lowest BCUT2D eigenvalue weighted by molar-refractivity contribution is 0.0981. The first-order valence-electron chi connectivity index (χ1n) is 8.20. The Morgan fingerprint density at radius 1 is 1.19 bits per heavy atom. The number of hydrogen-bond donors (Lipinski definition) is 1. The Labute approximate surface area is 127 Å². The zero-order chi connectivity index (χ0) is 14.7. The molecule has 1 N–H and O–H groups in total. The maximum Gasteiger partial charge on any atom is 0.151 e. The lowest BCUT2D eigenvalue weighted by Crippen LogP contribution is -2.56. The van der Waals surface area contributed by atoms with E-state index in [4.69, 9.17) is 0 Å². The fourth-order valence-corrected chi connectivity index (χ4v) is 3.76. The van der Waals surface area contributed by atoms with Gasteiger partial charge in [-0.2, -0.15) is 5.10 Å². The van der Waals surface area contributed by atoms with Gasteiger partial charge in [-0.3, -0.25) is 4.90 Å².